The molecule has 2 rings (SSSR count). The lowest BCUT2D eigenvalue weighted by molar-refractivity contribution is 0.491. The molecule has 2 aromatic carbocycles. The smallest absolute Gasteiger partial charge is 0.134 e. The molecule has 0 aliphatic heterocycles. The van der Waals surface area contributed by atoms with Crippen LogP contribution in [-0.4, -0.2) is 0 Å². The Labute approximate surface area is 122 Å². The second-order valence-corrected chi connectivity index (χ2v) is 5.18. The summed E-state index contributed by atoms with van der Waals surface area (Å²) in [6.45, 7) is 1.50. The number of nitrogens with one attached hydrogen (secondary N) is 1. The Hall–Kier alpha value is -1.37. The van der Waals surface area contributed by atoms with Crippen LogP contribution in [0.15, 0.2) is 34.8 Å². The Bertz CT molecular complexity index is 626. The monoisotopic (exact) mass is 344 g/mol. The van der Waals surface area contributed by atoms with E-state index in [1.54, 1.807) is 6.07 Å². The van der Waals surface area contributed by atoms with E-state index >= 15 is 0 Å². The van der Waals surface area contributed by atoms with Gasteiger partial charge >= 0.3 is 0 Å². The third-order valence-corrected chi connectivity index (χ3v) is 3.75. The summed E-state index contributed by atoms with van der Waals surface area (Å²) in [5, 5.41) is 0. The van der Waals surface area contributed by atoms with Gasteiger partial charge in [0, 0.05) is 15.6 Å². The molecule has 2 nitrogen and oxygen atoms in total. The molecule has 0 radical (unpaired) electrons. The van der Waals surface area contributed by atoms with Crippen molar-refractivity contribution in [1.29, 1.82) is 0 Å². The maximum Gasteiger partial charge on any atom is 0.134 e. The summed E-state index contributed by atoms with van der Waals surface area (Å²) < 4.78 is 42.5. The zero-order valence-corrected chi connectivity index (χ0v) is 12.1. The summed E-state index contributed by atoms with van der Waals surface area (Å²) in [5.74, 6) is 3.25. The van der Waals surface area contributed by atoms with Crippen molar-refractivity contribution in [2.45, 2.75) is 13.0 Å². The highest BCUT2D eigenvalue weighted by Crippen LogP contribution is 2.33. The number of halogens is 4. The second kappa shape index (κ2) is 5.95. The molecule has 0 spiro atoms. The van der Waals surface area contributed by atoms with Crippen molar-refractivity contribution in [3.63, 3.8) is 0 Å². The first-order valence-electron chi connectivity index (χ1n) is 5.82. The summed E-state index contributed by atoms with van der Waals surface area (Å²) in [5.41, 5.74) is 2.28. The van der Waals surface area contributed by atoms with Crippen molar-refractivity contribution in [3.05, 3.63) is 68.9 Å². The quantitative estimate of drug-likeness (QED) is 0.657. The van der Waals surface area contributed by atoms with Gasteiger partial charge in [-0.05, 0) is 30.7 Å². The van der Waals surface area contributed by atoms with Crippen LogP contribution in [0, 0.1) is 24.4 Å². The number of hydrazine groups is 1. The van der Waals surface area contributed by atoms with Gasteiger partial charge in [0.05, 0.1) is 6.04 Å². The molecule has 106 valence electrons. The summed E-state index contributed by atoms with van der Waals surface area (Å²) in [4.78, 5) is 0. The summed E-state index contributed by atoms with van der Waals surface area (Å²) in [7, 11) is 0. The third-order valence-electron chi connectivity index (χ3n) is 3.06. The van der Waals surface area contributed by atoms with Crippen LogP contribution in [0.3, 0.4) is 0 Å². The molecule has 0 fully saturated rings. The van der Waals surface area contributed by atoms with Gasteiger partial charge in [-0.1, -0.05) is 28.1 Å². The minimum atomic E-state index is -1.13. The topological polar surface area (TPSA) is 38.0 Å². The third kappa shape index (κ3) is 2.59. The van der Waals surface area contributed by atoms with E-state index in [0.29, 0.717) is 4.47 Å². The van der Waals surface area contributed by atoms with Crippen molar-refractivity contribution in [3.8, 4) is 0 Å². The lowest BCUT2D eigenvalue weighted by Gasteiger charge is -2.21. The molecule has 0 aromatic heterocycles. The number of aryl methyl sites for hydroxylation is 1. The highest BCUT2D eigenvalue weighted by atomic mass is 79.9. The SMILES string of the molecule is Cc1ccc(F)c(C(NN)c2c(F)cccc2Br)c1F. The van der Waals surface area contributed by atoms with Gasteiger partial charge in [-0.25, -0.2) is 18.6 Å². The first kappa shape index (κ1) is 15.0. The molecule has 1 unspecified atom stereocenters. The molecular formula is C14H12BrF3N2. The van der Waals surface area contributed by atoms with E-state index in [-0.39, 0.29) is 16.7 Å². The summed E-state index contributed by atoms with van der Waals surface area (Å²) >= 11 is 3.17. The van der Waals surface area contributed by atoms with E-state index in [1.807, 2.05) is 0 Å². The molecule has 0 bridgehead atoms. The Morgan fingerprint density at radius 2 is 1.70 bits per heavy atom. The first-order chi connectivity index (χ1) is 9.47. The zero-order chi connectivity index (χ0) is 14.9. The van der Waals surface area contributed by atoms with E-state index in [2.05, 4.69) is 21.4 Å². The lowest BCUT2D eigenvalue weighted by Crippen LogP contribution is -2.31. The molecule has 2 aromatic rings. The minimum Gasteiger partial charge on any atom is -0.271 e. The fraction of sp³-hybridized carbons (Fsp3) is 0.143. The van der Waals surface area contributed by atoms with Gasteiger partial charge in [0.2, 0.25) is 0 Å². The van der Waals surface area contributed by atoms with E-state index in [4.69, 9.17) is 5.84 Å². The van der Waals surface area contributed by atoms with Crippen molar-refractivity contribution in [1.82, 2.24) is 5.43 Å². The zero-order valence-electron chi connectivity index (χ0n) is 10.6. The fourth-order valence-corrected chi connectivity index (χ4v) is 2.61. The molecule has 0 aliphatic carbocycles. The molecule has 0 aliphatic rings. The molecule has 0 heterocycles. The number of rotatable bonds is 3. The van der Waals surface area contributed by atoms with Gasteiger partial charge < -0.3 is 0 Å². The fourth-order valence-electron chi connectivity index (χ4n) is 2.04. The number of hydrogen-bond acceptors (Lipinski definition) is 2. The predicted octanol–water partition coefficient (Wildman–Crippen LogP) is 3.73. The molecule has 0 saturated heterocycles. The van der Waals surface area contributed by atoms with Gasteiger partial charge in [-0.3, -0.25) is 5.84 Å². The van der Waals surface area contributed by atoms with Crippen molar-refractivity contribution >= 4 is 15.9 Å². The van der Waals surface area contributed by atoms with Crippen LogP contribution in [0.25, 0.3) is 0 Å². The minimum absolute atomic E-state index is 0.0541. The van der Waals surface area contributed by atoms with Crippen LogP contribution < -0.4 is 11.3 Å². The Morgan fingerprint density at radius 1 is 1.05 bits per heavy atom. The maximum atomic E-state index is 14.2. The van der Waals surface area contributed by atoms with Crippen LogP contribution in [0.1, 0.15) is 22.7 Å². The number of nitrogens with two attached hydrogens (primary N) is 1. The number of hydrogen-bond donors (Lipinski definition) is 2. The van der Waals surface area contributed by atoms with Crippen LogP contribution in [0.5, 0.6) is 0 Å². The Kier molecular flexibility index (Phi) is 4.47. The van der Waals surface area contributed by atoms with Gasteiger partial charge in [0.1, 0.15) is 17.5 Å². The van der Waals surface area contributed by atoms with Crippen LogP contribution >= 0.6 is 15.9 Å². The Balaban J connectivity index is 2.68. The molecule has 6 heteroatoms. The highest BCUT2D eigenvalue weighted by molar-refractivity contribution is 9.10. The van der Waals surface area contributed by atoms with Crippen LogP contribution in [0.2, 0.25) is 0 Å². The van der Waals surface area contributed by atoms with E-state index in [0.717, 1.165) is 6.07 Å². The average Bonchev–Trinajstić information content (AvgIpc) is 2.41. The molecule has 0 saturated carbocycles. The second-order valence-electron chi connectivity index (χ2n) is 4.33. The Morgan fingerprint density at radius 3 is 2.30 bits per heavy atom. The molecule has 3 N–H and O–H groups in total. The van der Waals surface area contributed by atoms with Gasteiger partial charge in [0.15, 0.2) is 0 Å². The number of benzene rings is 2. The van der Waals surface area contributed by atoms with Gasteiger partial charge in [-0.2, -0.15) is 0 Å². The summed E-state index contributed by atoms with van der Waals surface area (Å²) in [6.07, 6.45) is 0. The predicted molar refractivity (Wildman–Crippen MR) is 74.4 cm³/mol. The van der Waals surface area contributed by atoms with Crippen LogP contribution in [-0.2, 0) is 0 Å². The van der Waals surface area contributed by atoms with Crippen LogP contribution in [0.4, 0.5) is 13.2 Å². The van der Waals surface area contributed by atoms with Crippen molar-refractivity contribution in [2.24, 2.45) is 5.84 Å². The van der Waals surface area contributed by atoms with Crippen molar-refractivity contribution in [2.75, 3.05) is 0 Å². The maximum absolute atomic E-state index is 14.2. The normalized spacial score (nSPS) is 12.5. The summed E-state index contributed by atoms with van der Waals surface area (Å²) in [6, 6.07) is 5.58. The highest BCUT2D eigenvalue weighted by Gasteiger charge is 2.26. The van der Waals surface area contributed by atoms with E-state index in [1.165, 1.54) is 25.1 Å². The first-order valence-corrected chi connectivity index (χ1v) is 6.61. The van der Waals surface area contributed by atoms with Gasteiger partial charge in [0.25, 0.3) is 0 Å². The largest absolute Gasteiger partial charge is 0.271 e. The molecule has 1 atom stereocenters. The molecule has 0 amide bonds. The van der Waals surface area contributed by atoms with E-state index in [9.17, 15) is 13.2 Å². The standard InChI is InChI=1S/C14H12BrF3N2/c1-7-5-6-10(17)12(13(7)18)14(20-19)11-8(15)3-2-4-9(11)16/h2-6,14,20H,19H2,1H3. The van der Waals surface area contributed by atoms with Crippen molar-refractivity contribution < 1.29 is 13.2 Å². The van der Waals surface area contributed by atoms with E-state index < -0.39 is 23.5 Å². The van der Waals surface area contributed by atoms with Gasteiger partial charge in [-0.15, -0.1) is 0 Å². The molecular weight excluding hydrogens is 333 g/mol. The molecule has 20 heavy (non-hydrogen) atoms. The lowest BCUT2D eigenvalue weighted by atomic mass is 9.96. The average molecular weight is 345 g/mol.